The highest BCUT2D eigenvalue weighted by molar-refractivity contribution is 6.54. The Balaban J connectivity index is 1.95. The van der Waals surface area contributed by atoms with Gasteiger partial charge in [-0.25, -0.2) is 0 Å². The highest BCUT2D eigenvalue weighted by Crippen LogP contribution is 2.29. The fourth-order valence-corrected chi connectivity index (χ4v) is 2.58. The van der Waals surface area contributed by atoms with Gasteiger partial charge in [-0.2, -0.15) is 5.10 Å². The number of amides is 1. The summed E-state index contributed by atoms with van der Waals surface area (Å²) in [5, 5.41) is 28.4. The largest absolute Gasteiger partial charge is 0.507 e. The number of fused-ring (bicyclic) bond motifs is 1. The van der Waals surface area contributed by atoms with Crippen molar-refractivity contribution in [3.05, 3.63) is 76.4 Å². The first-order chi connectivity index (χ1) is 12.5. The Morgan fingerprint density at radius 2 is 2.04 bits per heavy atom. The maximum absolute atomic E-state index is 12.5. The molecule has 1 aliphatic heterocycles. The molecule has 8 nitrogen and oxygen atoms in total. The second-order valence-corrected chi connectivity index (χ2v) is 5.41. The number of carbonyl (C=O) groups excluding carboxylic acids is 1. The van der Waals surface area contributed by atoms with Gasteiger partial charge in [-0.05, 0) is 12.1 Å². The maximum Gasteiger partial charge on any atom is 0.279 e. The van der Waals surface area contributed by atoms with Crippen LogP contribution in [0, 0.1) is 10.1 Å². The van der Waals surface area contributed by atoms with Crippen molar-refractivity contribution in [2.75, 3.05) is 11.4 Å². The summed E-state index contributed by atoms with van der Waals surface area (Å²) in [6.45, 7) is 3.98. The molecule has 1 aliphatic rings. The molecule has 1 N–H and O–H groups in total. The van der Waals surface area contributed by atoms with Crippen molar-refractivity contribution in [1.29, 1.82) is 0 Å². The van der Waals surface area contributed by atoms with Crippen molar-refractivity contribution < 1.29 is 14.8 Å². The lowest BCUT2D eigenvalue weighted by Gasteiger charge is -2.13. The van der Waals surface area contributed by atoms with Crippen LogP contribution in [0.5, 0.6) is 5.75 Å². The summed E-state index contributed by atoms with van der Waals surface area (Å²) in [4.78, 5) is 24.3. The van der Waals surface area contributed by atoms with Crippen LogP contribution in [0.4, 0.5) is 11.4 Å². The molecule has 2 aromatic carbocycles. The first-order valence-corrected chi connectivity index (χ1v) is 7.63. The molecule has 0 bridgehead atoms. The van der Waals surface area contributed by atoms with E-state index >= 15 is 0 Å². The van der Waals surface area contributed by atoms with Gasteiger partial charge >= 0.3 is 0 Å². The lowest BCUT2D eigenvalue weighted by atomic mass is 10.1. The van der Waals surface area contributed by atoms with Gasteiger partial charge in [0.2, 0.25) is 0 Å². The number of benzene rings is 2. The molecule has 0 saturated carbocycles. The molecule has 0 radical (unpaired) electrons. The minimum Gasteiger partial charge on any atom is -0.507 e. The van der Waals surface area contributed by atoms with E-state index < -0.39 is 4.92 Å². The standard InChI is InChI=1S/C18H14N4O4/c1-2-9-21-15-6-4-3-5-14(15)17(18(21)24)20-19-11-12-10-13(22(25)26)7-8-16(12)23/h2-8,10-11,23H,1,9H2/b19-11-,20-17+. The number of para-hydroxylation sites is 1. The Morgan fingerprint density at radius 1 is 1.27 bits per heavy atom. The molecule has 0 spiro atoms. The van der Waals surface area contributed by atoms with Crippen molar-refractivity contribution in [2.45, 2.75) is 0 Å². The van der Waals surface area contributed by atoms with E-state index in [4.69, 9.17) is 0 Å². The van der Waals surface area contributed by atoms with Crippen LogP contribution in [0.3, 0.4) is 0 Å². The second-order valence-electron chi connectivity index (χ2n) is 5.41. The average Bonchev–Trinajstić information content (AvgIpc) is 2.89. The summed E-state index contributed by atoms with van der Waals surface area (Å²) in [6.07, 6.45) is 2.78. The number of carbonyl (C=O) groups is 1. The predicted molar refractivity (Wildman–Crippen MR) is 97.9 cm³/mol. The van der Waals surface area contributed by atoms with Gasteiger partial charge in [-0.15, -0.1) is 11.7 Å². The van der Waals surface area contributed by atoms with Gasteiger partial charge in [0, 0.05) is 29.8 Å². The van der Waals surface area contributed by atoms with E-state index in [-0.39, 0.29) is 28.6 Å². The van der Waals surface area contributed by atoms with Crippen LogP contribution in [0.15, 0.2) is 65.3 Å². The zero-order valence-electron chi connectivity index (χ0n) is 13.6. The Kier molecular flexibility index (Phi) is 4.57. The zero-order chi connectivity index (χ0) is 18.7. The molecule has 130 valence electrons. The van der Waals surface area contributed by atoms with Crippen molar-refractivity contribution in [3.8, 4) is 5.75 Å². The smallest absolute Gasteiger partial charge is 0.279 e. The molecule has 2 aromatic rings. The first kappa shape index (κ1) is 17.0. The quantitative estimate of drug-likeness (QED) is 0.387. The van der Waals surface area contributed by atoms with Crippen LogP contribution in [0.1, 0.15) is 11.1 Å². The number of rotatable bonds is 5. The summed E-state index contributed by atoms with van der Waals surface area (Å²) in [6, 6.07) is 10.7. The molecule has 0 atom stereocenters. The highest BCUT2D eigenvalue weighted by Gasteiger charge is 2.32. The van der Waals surface area contributed by atoms with Crippen LogP contribution in [0.25, 0.3) is 0 Å². The molecule has 0 aromatic heterocycles. The summed E-state index contributed by atoms with van der Waals surface area (Å²) in [5.74, 6) is -0.488. The third-order valence-electron chi connectivity index (χ3n) is 3.79. The molecule has 0 fully saturated rings. The number of nitro groups is 1. The van der Waals surface area contributed by atoms with Gasteiger partial charge in [-0.3, -0.25) is 14.9 Å². The highest BCUT2D eigenvalue weighted by atomic mass is 16.6. The Bertz CT molecular complexity index is 965. The van der Waals surface area contributed by atoms with Crippen LogP contribution in [-0.2, 0) is 4.79 Å². The SMILES string of the molecule is C=CCN1C(=O)/C(=N/N=C\c2cc([N+](=O)[O-])ccc2O)c2ccccc21. The van der Waals surface area contributed by atoms with Crippen LogP contribution in [-0.4, -0.2) is 34.4 Å². The monoisotopic (exact) mass is 350 g/mol. The lowest BCUT2D eigenvalue weighted by molar-refractivity contribution is -0.384. The van der Waals surface area contributed by atoms with Crippen LogP contribution in [0.2, 0.25) is 0 Å². The molecule has 0 saturated heterocycles. The first-order valence-electron chi connectivity index (χ1n) is 7.63. The number of aromatic hydroxyl groups is 1. The summed E-state index contributed by atoms with van der Waals surface area (Å²) >= 11 is 0. The number of phenolic OH excluding ortho intramolecular Hbond substituents is 1. The van der Waals surface area contributed by atoms with E-state index in [1.165, 1.54) is 29.3 Å². The summed E-state index contributed by atoms with van der Waals surface area (Å²) in [7, 11) is 0. The second kappa shape index (κ2) is 6.98. The van der Waals surface area contributed by atoms with Gasteiger partial charge < -0.3 is 10.0 Å². The van der Waals surface area contributed by atoms with Crippen molar-refractivity contribution in [2.24, 2.45) is 10.2 Å². The number of hydrogen-bond donors (Lipinski definition) is 1. The molecular formula is C18H14N4O4. The molecule has 0 aliphatic carbocycles. The molecule has 0 unspecified atom stereocenters. The summed E-state index contributed by atoms with van der Waals surface area (Å²) < 4.78 is 0. The Hall–Kier alpha value is -3.81. The van der Waals surface area contributed by atoms with Gasteiger partial charge in [0.25, 0.3) is 11.6 Å². The minimum absolute atomic E-state index is 0.130. The maximum atomic E-state index is 12.5. The predicted octanol–water partition coefficient (Wildman–Crippen LogP) is 2.66. The van der Waals surface area contributed by atoms with Gasteiger partial charge in [0.15, 0.2) is 5.71 Å². The third-order valence-corrected chi connectivity index (χ3v) is 3.79. The number of non-ortho nitro benzene ring substituents is 1. The number of anilines is 1. The topological polar surface area (TPSA) is 108 Å². The van der Waals surface area contributed by atoms with Crippen molar-refractivity contribution in [1.82, 2.24) is 0 Å². The van der Waals surface area contributed by atoms with E-state index in [1.807, 2.05) is 6.07 Å². The Morgan fingerprint density at radius 3 is 2.77 bits per heavy atom. The molecule has 3 rings (SSSR count). The molecule has 26 heavy (non-hydrogen) atoms. The van der Waals surface area contributed by atoms with E-state index in [0.29, 0.717) is 17.8 Å². The van der Waals surface area contributed by atoms with Crippen LogP contribution >= 0.6 is 0 Å². The lowest BCUT2D eigenvalue weighted by Crippen LogP contribution is -2.30. The van der Waals surface area contributed by atoms with Crippen LogP contribution < -0.4 is 4.90 Å². The average molecular weight is 350 g/mol. The fourth-order valence-electron chi connectivity index (χ4n) is 2.58. The number of nitro benzene ring substituents is 1. The molecule has 1 heterocycles. The van der Waals surface area contributed by atoms with E-state index in [0.717, 1.165) is 0 Å². The fraction of sp³-hybridized carbons (Fsp3) is 0.0556. The Labute approximate surface area is 148 Å². The summed E-state index contributed by atoms with van der Waals surface area (Å²) in [5.41, 5.74) is 1.45. The molecule has 8 heteroatoms. The minimum atomic E-state index is -0.577. The van der Waals surface area contributed by atoms with Gasteiger partial charge in [0.1, 0.15) is 5.75 Å². The number of nitrogens with zero attached hydrogens (tertiary/aromatic N) is 4. The van der Waals surface area contributed by atoms with E-state index in [2.05, 4.69) is 16.8 Å². The third kappa shape index (κ3) is 3.07. The molecule has 1 amide bonds. The zero-order valence-corrected chi connectivity index (χ0v) is 13.6. The van der Waals surface area contributed by atoms with Crippen molar-refractivity contribution in [3.63, 3.8) is 0 Å². The van der Waals surface area contributed by atoms with Gasteiger partial charge in [0.05, 0.1) is 16.8 Å². The van der Waals surface area contributed by atoms with E-state index in [1.54, 1.807) is 24.3 Å². The van der Waals surface area contributed by atoms with Crippen molar-refractivity contribution >= 4 is 29.2 Å². The molecular weight excluding hydrogens is 336 g/mol. The normalized spacial score (nSPS) is 14.8. The number of phenols is 1. The van der Waals surface area contributed by atoms with Gasteiger partial charge in [-0.1, -0.05) is 24.3 Å². The number of hydrogen-bond acceptors (Lipinski definition) is 6. The van der Waals surface area contributed by atoms with E-state index in [9.17, 15) is 20.0 Å².